The van der Waals surface area contributed by atoms with Crippen molar-refractivity contribution in [2.75, 3.05) is 6.54 Å². The highest BCUT2D eigenvalue weighted by atomic mass is 35.5. The highest BCUT2D eigenvalue weighted by Gasteiger charge is 2.10. The van der Waals surface area contributed by atoms with E-state index in [1.54, 1.807) is 12.1 Å². The van der Waals surface area contributed by atoms with E-state index >= 15 is 0 Å². The molecule has 3 nitrogen and oxygen atoms in total. The third kappa shape index (κ3) is 7.37. The number of aromatic hydroxyl groups is 1. The number of unbranched alkanes of at least 4 members (excludes halogenated alkanes) is 7. The van der Waals surface area contributed by atoms with Gasteiger partial charge in [0.25, 0.3) is 5.91 Å². The fourth-order valence-electron chi connectivity index (χ4n) is 2.25. The van der Waals surface area contributed by atoms with Crippen molar-refractivity contribution in [3.05, 3.63) is 28.8 Å². The van der Waals surface area contributed by atoms with E-state index in [2.05, 4.69) is 12.2 Å². The molecular weight excluding hydrogens is 286 g/mol. The second-order valence-electron chi connectivity index (χ2n) is 5.39. The lowest BCUT2D eigenvalue weighted by Crippen LogP contribution is -2.24. The standard InChI is InChI=1S/C17H26ClNO2/c1-2-3-4-5-6-7-8-9-12-19-17(21)15-11-10-14(18)13-16(15)20/h10-11,13,20H,2-9,12H2,1H3,(H,19,21). The highest BCUT2D eigenvalue weighted by Crippen LogP contribution is 2.21. The van der Waals surface area contributed by atoms with Crippen molar-refractivity contribution in [2.24, 2.45) is 0 Å². The first-order valence-electron chi connectivity index (χ1n) is 7.92. The van der Waals surface area contributed by atoms with Crippen molar-refractivity contribution in [1.82, 2.24) is 5.32 Å². The second kappa shape index (κ2) is 10.5. The number of amides is 1. The summed E-state index contributed by atoms with van der Waals surface area (Å²) in [6, 6.07) is 4.53. The monoisotopic (exact) mass is 311 g/mol. The van der Waals surface area contributed by atoms with Gasteiger partial charge >= 0.3 is 0 Å². The lowest BCUT2D eigenvalue weighted by Gasteiger charge is -2.07. The minimum Gasteiger partial charge on any atom is -0.507 e. The maximum absolute atomic E-state index is 11.9. The number of nitrogens with one attached hydrogen (secondary N) is 1. The van der Waals surface area contributed by atoms with E-state index in [1.165, 1.54) is 44.6 Å². The SMILES string of the molecule is CCCCCCCCCCNC(=O)c1ccc(Cl)cc1O. The number of phenolic OH excluding ortho intramolecular Hbond substituents is 1. The van der Waals surface area contributed by atoms with Crippen molar-refractivity contribution in [3.8, 4) is 5.75 Å². The summed E-state index contributed by atoms with van der Waals surface area (Å²) in [4.78, 5) is 11.9. The number of hydrogen-bond acceptors (Lipinski definition) is 2. The summed E-state index contributed by atoms with van der Waals surface area (Å²) in [5.41, 5.74) is 0.277. The van der Waals surface area contributed by atoms with Gasteiger partial charge in [-0.25, -0.2) is 0 Å². The molecule has 0 heterocycles. The Kier molecular flexibility index (Phi) is 8.91. The number of carbonyl (C=O) groups is 1. The predicted molar refractivity (Wildman–Crippen MR) is 88.1 cm³/mol. The molecule has 0 saturated carbocycles. The van der Waals surface area contributed by atoms with Crippen LogP contribution in [0.25, 0.3) is 0 Å². The Hall–Kier alpha value is -1.22. The molecule has 0 aliphatic rings. The summed E-state index contributed by atoms with van der Waals surface area (Å²) in [5.74, 6) is -0.317. The molecule has 1 aromatic carbocycles. The van der Waals surface area contributed by atoms with E-state index in [1.807, 2.05) is 0 Å². The van der Waals surface area contributed by atoms with Crippen molar-refractivity contribution >= 4 is 17.5 Å². The second-order valence-corrected chi connectivity index (χ2v) is 5.83. The summed E-state index contributed by atoms with van der Waals surface area (Å²) in [6.07, 6.45) is 9.90. The molecule has 1 amide bonds. The van der Waals surface area contributed by atoms with Gasteiger partial charge in [-0.2, -0.15) is 0 Å². The fraction of sp³-hybridized carbons (Fsp3) is 0.588. The lowest BCUT2D eigenvalue weighted by atomic mass is 10.1. The van der Waals surface area contributed by atoms with Gasteiger partial charge in [-0.15, -0.1) is 0 Å². The predicted octanol–water partition coefficient (Wildman–Crippen LogP) is 4.92. The molecule has 2 N–H and O–H groups in total. The van der Waals surface area contributed by atoms with Crippen LogP contribution in [0.4, 0.5) is 0 Å². The zero-order valence-corrected chi connectivity index (χ0v) is 13.6. The molecule has 0 spiro atoms. The van der Waals surface area contributed by atoms with Crippen LogP contribution in [0.3, 0.4) is 0 Å². The molecule has 0 aromatic heterocycles. The van der Waals surface area contributed by atoms with Crippen LogP contribution in [0.2, 0.25) is 5.02 Å². The van der Waals surface area contributed by atoms with Crippen molar-refractivity contribution in [2.45, 2.75) is 58.3 Å². The van der Waals surface area contributed by atoms with Crippen molar-refractivity contribution in [3.63, 3.8) is 0 Å². The Morgan fingerprint density at radius 2 is 1.71 bits per heavy atom. The van der Waals surface area contributed by atoms with Gasteiger partial charge in [0.15, 0.2) is 0 Å². The molecule has 0 radical (unpaired) electrons. The highest BCUT2D eigenvalue weighted by molar-refractivity contribution is 6.30. The summed E-state index contributed by atoms with van der Waals surface area (Å²) < 4.78 is 0. The third-order valence-electron chi connectivity index (χ3n) is 3.52. The molecule has 0 atom stereocenters. The maximum Gasteiger partial charge on any atom is 0.255 e. The molecule has 21 heavy (non-hydrogen) atoms. The zero-order chi connectivity index (χ0) is 15.5. The minimum atomic E-state index is -0.243. The average Bonchev–Trinajstić information content (AvgIpc) is 2.45. The van der Waals surface area contributed by atoms with Crippen LogP contribution in [0.15, 0.2) is 18.2 Å². The van der Waals surface area contributed by atoms with Gasteiger partial charge in [0.2, 0.25) is 0 Å². The molecule has 0 aliphatic carbocycles. The largest absolute Gasteiger partial charge is 0.507 e. The first-order valence-corrected chi connectivity index (χ1v) is 8.29. The van der Waals surface area contributed by atoms with Gasteiger partial charge < -0.3 is 10.4 Å². The summed E-state index contributed by atoms with van der Waals surface area (Å²) in [6.45, 7) is 2.87. The average molecular weight is 312 g/mol. The van der Waals surface area contributed by atoms with Crippen LogP contribution >= 0.6 is 11.6 Å². The number of hydrogen-bond donors (Lipinski definition) is 2. The van der Waals surface area contributed by atoms with E-state index in [0.717, 1.165) is 12.8 Å². The van der Waals surface area contributed by atoms with Gasteiger partial charge in [-0.1, -0.05) is 63.5 Å². The summed E-state index contributed by atoms with van der Waals surface area (Å²) >= 11 is 5.74. The number of halogens is 1. The number of benzene rings is 1. The Bertz CT molecular complexity index is 435. The van der Waals surface area contributed by atoms with Crippen molar-refractivity contribution < 1.29 is 9.90 Å². The molecule has 0 bridgehead atoms. The summed E-state index contributed by atoms with van der Waals surface area (Å²) in [7, 11) is 0. The van der Waals surface area contributed by atoms with E-state index in [4.69, 9.17) is 11.6 Å². The molecule has 0 saturated heterocycles. The van der Waals surface area contributed by atoms with Crippen LogP contribution in [-0.4, -0.2) is 17.6 Å². The molecule has 1 aromatic rings. The van der Waals surface area contributed by atoms with E-state index in [0.29, 0.717) is 11.6 Å². The Balaban J connectivity index is 2.11. The summed E-state index contributed by atoms with van der Waals surface area (Å²) in [5, 5.41) is 12.9. The van der Waals surface area contributed by atoms with Gasteiger partial charge in [0.05, 0.1) is 5.56 Å². The minimum absolute atomic E-state index is 0.0732. The van der Waals surface area contributed by atoms with Gasteiger partial charge in [0, 0.05) is 11.6 Å². The normalized spacial score (nSPS) is 10.6. The third-order valence-corrected chi connectivity index (χ3v) is 3.76. The smallest absolute Gasteiger partial charge is 0.255 e. The Morgan fingerprint density at radius 3 is 2.33 bits per heavy atom. The first-order chi connectivity index (χ1) is 10.1. The van der Waals surface area contributed by atoms with Gasteiger partial charge in [-0.05, 0) is 24.6 Å². The fourth-order valence-corrected chi connectivity index (χ4v) is 2.42. The molecule has 0 unspecified atom stereocenters. The number of rotatable bonds is 10. The van der Waals surface area contributed by atoms with E-state index in [-0.39, 0.29) is 17.2 Å². The van der Waals surface area contributed by atoms with Crippen LogP contribution in [0.1, 0.15) is 68.6 Å². The van der Waals surface area contributed by atoms with Crippen LogP contribution in [0, 0.1) is 0 Å². The zero-order valence-electron chi connectivity index (χ0n) is 12.8. The van der Waals surface area contributed by atoms with Gasteiger partial charge in [-0.3, -0.25) is 4.79 Å². The van der Waals surface area contributed by atoms with Crippen molar-refractivity contribution in [1.29, 1.82) is 0 Å². The van der Waals surface area contributed by atoms with Crippen LogP contribution < -0.4 is 5.32 Å². The molecule has 4 heteroatoms. The Labute approximate surface area is 132 Å². The van der Waals surface area contributed by atoms with E-state index < -0.39 is 0 Å². The molecular formula is C17H26ClNO2. The molecule has 1 rings (SSSR count). The maximum atomic E-state index is 11.9. The quantitative estimate of drug-likeness (QED) is 0.603. The van der Waals surface area contributed by atoms with E-state index in [9.17, 15) is 9.90 Å². The lowest BCUT2D eigenvalue weighted by molar-refractivity contribution is 0.0950. The number of carbonyl (C=O) groups excluding carboxylic acids is 1. The van der Waals surface area contributed by atoms with Crippen LogP contribution in [0.5, 0.6) is 5.75 Å². The first kappa shape index (κ1) is 17.8. The molecule has 0 fully saturated rings. The topological polar surface area (TPSA) is 49.3 Å². The Morgan fingerprint density at radius 1 is 1.10 bits per heavy atom. The molecule has 118 valence electrons. The molecule has 0 aliphatic heterocycles. The number of phenols is 1. The van der Waals surface area contributed by atoms with Crippen LogP contribution in [-0.2, 0) is 0 Å². The van der Waals surface area contributed by atoms with Gasteiger partial charge in [0.1, 0.15) is 5.75 Å².